The number of urea groups is 2. The second-order valence-corrected chi connectivity index (χ2v) is 1.85. The van der Waals surface area contributed by atoms with Crippen LogP contribution in [0.15, 0.2) is 0 Å². The van der Waals surface area contributed by atoms with E-state index in [0.29, 0.717) is 0 Å². The molecule has 7 heteroatoms. The lowest BCUT2D eigenvalue weighted by atomic mass is 11.2. The highest BCUT2D eigenvalue weighted by molar-refractivity contribution is 7.35. The lowest BCUT2D eigenvalue weighted by Gasteiger charge is -1.98. The molecule has 0 saturated carbocycles. The highest BCUT2D eigenvalue weighted by Crippen LogP contribution is 1.90. The summed E-state index contributed by atoms with van der Waals surface area (Å²) in [4.78, 5) is 19.8. The molecule has 4 amide bonds. The number of carbonyl (C=O) groups is 2. The number of carbonyl (C=O) groups excluding carboxylic acids is 2. The molecule has 6 nitrogen and oxygen atoms in total. The van der Waals surface area contributed by atoms with Crippen molar-refractivity contribution in [1.82, 2.24) is 10.2 Å². The van der Waals surface area contributed by atoms with Crippen molar-refractivity contribution in [2.24, 2.45) is 11.5 Å². The molecule has 0 aliphatic heterocycles. The molecule has 0 radical (unpaired) electrons. The second-order valence-electron chi connectivity index (χ2n) is 1.10. The highest BCUT2D eigenvalue weighted by atomic mass is 31.1. The van der Waals surface area contributed by atoms with Crippen LogP contribution >= 0.6 is 8.88 Å². The summed E-state index contributed by atoms with van der Waals surface area (Å²) in [5.41, 5.74) is 9.29. The van der Waals surface area contributed by atoms with Crippen LogP contribution in [0.25, 0.3) is 0 Å². The van der Waals surface area contributed by atoms with E-state index in [-0.39, 0.29) is 8.88 Å². The summed E-state index contributed by atoms with van der Waals surface area (Å²) in [6.45, 7) is 0. The summed E-state index contributed by atoms with van der Waals surface area (Å²) in [6.07, 6.45) is 0. The molecule has 9 heavy (non-hydrogen) atoms. The summed E-state index contributed by atoms with van der Waals surface area (Å²) in [5.74, 6) is 0. The molecule has 0 unspecified atom stereocenters. The minimum absolute atomic E-state index is 0.256. The van der Waals surface area contributed by atoms with E-state index in [2.05, 4.69) is 21.6 Å². The van der Waals surface area contributed by atoms with Gasteiger partial charge in [-0.25, -0.2) is 9.59 Å². The first-order valence-electron chi connectivity index (χ1n) is 1.99. The number of primary amides is 2. The Morgan fingerprint density at radius 3 is 1.67 bits per heavy atom. The van der Waals surface area contributed by atoms with Crippen molar-refractivity contribution in [1.29, 1.82) is 0 Å². The fraction of sp³-hybridized carbons (Fsp3) is 0. The fourth-order valence-corrected chi connectivity index (χ4v) is 0.463. The van der Waals surface area contributed by atoms with Gasteiger partial charge in [-0.3, -0.25) is 0 Å². The molecule has 0 aliphatic rings. The SMILES string of the molecule is NC(=O)NPNC(N)=O. The number of nitrogens with one attached hydrogen (secondary N) is 2. The summed E-state index contributed by atoms with van der Waals surface area (Å²) < 4.78 is 0. The smallest absolute Gasteiger partial charge is 0.316 e. The fourth-order valence-electron chi connectivity index (χ4n) is 0.154. The van der Waals surface area contributed by atoms with Crippen molar-refractivity contribution in [2.45, 2.75) is 0 Å². The number of hydrogen-bond donors (Lipinski definition) is 4. The Bertz CT molecular complexity index is 112. The predicted octanol–water partition coefficient (Wildman–Crippen LogP) is -1.17. The summed E-state index contributed by atoms with van der Waals surface area (Å²) in [7, 11) is -0.256. The molecule has 0 fully saturated rings. The first kappa shape index (κ1) is 7.97. The van der Waals surface area contributed by atoms with Gasteiger partial charge >= 0.3 is 12.1 Å². The zero-order valence-corrected chi connectivity index (χ0v) is 5.47. The molecular formula is C2H7N4O2P. The summed E-state index contributed by atoms with van der Waals surface area (Å²) >= 11 is 0. The van der Waals surface area contributed by atoms with E-state index >= 15 is 0 Å². The van der Waals surface area contributed by atoms with Gasteiger partial charge < -0.3 is 21.6 Å². The van der Waals surface area contributed by atoms with Gasteiger partial charge in [-0.15, -0.1) is 0 Å². The van der Waals surface area contributed by atoms with Crippen LogP contribution in [-0.4, -0.2) is 12.1 Å². The van der Waals surface area contributed by atoms with Gasteiger partial charge in [0.05, 0.1) is 8.88 Å². The van der Waals surface area contributed by atoms with E-state index in [1.54, 1.807) is 0 Å². The maximum atomic E-state index is 9.91. The van der Waals surface area contributed by atoms with E-state index in [1.807, 2.05) is 0 Å². The Morgan fingerprint density at radius 2 is 1.44 bits per heavy atom. The number of hydrogen-bond acceptors (Lipinski definition) is 2. The minimum Gasteiger partial charge on any atom is -0.351 e. The third kappa shape index (κ3) is 6.97. The van der Waals surface area contributed by atoms with Crippen LogP contribution in [0.3, 0.4) is 0 Å². The maximum absolute atomic E-state index is 9.91. The van der Waals surface area contributed by atoms with Crippen LogP contribution in [0.2, 0.25) is 0 Å². The molecule has 6 N–H and O–H groups in total. The average Bonchev–Trinajstić information content (AvgIpc) is 1.63. The van der Waals surface area contributed by atoms with Crippen molar-refractivity contribution in [3.8, 4) is 0 Å². The largest absolute Gasteiger partial charge is 0.351 e. The zero-order chi connectivity index (χ0) is 7.28. The molecular weight excluding hydrogens is 143 g/mol. The Labute approximate surface area is 53.2 Å². The van der Waals surface area contributed by atoms with Gasteiger partial charge in [0.1, 0.15) is 0 Å². The Hall–Kier alpha value is -1.03. The van der Waals surface area contributed by atoms with Gasteiger partial charge in [0.25, 0.3) is 0 Å². The number of amides is 4. The first-order chi connectivity index (χ1) is 4.13. The Kier molecular flexibility index (Phi) is 3.46. The molecule has 0 rings (SSSR count). The molecule has 0 saturated heterocycles. The first-order valence-corrected chi connectivity index (χ1v) is 2.99. The third-order valence-corrected chi connectivity index (χ3v) is 1.11. The standard InChI is InChI=1S/C2H7N4O2P/c3-1(7)5-9-6-2(4)8/h9H,(H3,3,5,7)(H3,4,6,8). The van der Waals surface area contributed by atoms with Crippen molar-refractivity contribution in [3.63, 3.8) is 0 Å². The van der Waals surface area contributed by atoms with Gasteiger partial charge in [-0.05, 0) is 0 Å². The van der Waals surface area contributed by atoms with Gasteiger partial charge in [0, 0.05) is 0 Å². The van der Waals surface area contributed by atoms with Gasteiger partial charge in [0.15, 0.2) is 0 Å². The third-order valence-electron chi connectivity index (χ3n) is 0.371. The van der Waals surface area contributed by atoms with Crippen LogP contribution in [0.5, 0.6) is 0 Å². The topological polar surface area (TPSA) is 110 Å². The van der Waals surface area contributed by atoms with Crippen molar-refractivity contribution in [2.75, 3.05) is 0 Å². The maximum Gasteiger partial charge on any atom is 0.316 e. The molecule has 0 spiro atoms. The monoisotopic (exact) mass is 150 g/mol. The molecule has 0 aromatic heterocycles. The molecule has 0 aromatic rings. The van der Waals surface area contributed by atoms with Crippen LogP contribution in [-0.2, 0) is 0 Å². The average molecular weight is 150 g/mol. The van der Waals surface area contributed by atoms with E-state index in [1.165, 1.54) is 0 Å². The van der Waals surface area contributed by atoms with Crippen molar-refractivity contribution < 1.29 is 9.59 Å². The Balaban J connectivity index is 3.10. The molecule has 0 aliphatic carbocycles. The number of rotatable bonds is 2. The summed E-state index contributed by atoms with van der Waals surface area (Å²) in [5, 5.41) is 4.26. The summed E-state index contributed by atoms with van der Waals surface area (Å²) in [6, 6.07) is -1.39. The van der Waals surface area contributed by atoms with Crippen LogP contribution in [0, 0.1) is 0 Å². The molecule has 52 valence electrons. The van der Waals surface area contributed by atoms with E-state index < -0.39 is 12.1 Å². The van der Waals surface area contributed by atoms with Crippen molar-refractivity contribution in [3.05, 3.63) is 0 Å². The van der Waals surface area contributed by atoms with Crippen LogP contribution in [0.1, 0.15) is 0 Å². The predicted molar refractivity (Wildman–Crippen MR) is 33.8 cm³/mol. The highest BCUT2D eigenvalue weighted by Gasteiger charge is 1.90. The minimum atomic E-state index is -0.693. The van der Waals surface area contributed by atoms with Crippen molar-refractivity contribution >= 4 is 20.9 Å². The molecule has 0 aromatic carbocycles. The Morgan fingerprint density at radius 1 is 1.11 bits per heavy atom. The van der Waals surface area contributed by atoms with Crippen LogP contribution < -0.4 is 21.6 Å². The van der Waals surface area contributed by atoms with Gasteiger partial charge in [0.2, 0.25) is 0 Å². The van der Waals surface area contributed by atoms with E-state index in [9.17, 15) is 9.59 Å². The molecule has 0 atom stereocenters. The van der Waals surface area contributed by atoms with E-state index in [0.717, 1.165) is 0 Å². The lowest BCUT2D eigenvalue weighted by molar-refractivity contribution is 0.253. The second kappa shape index (κ2) is 3.91. The normalized spacial score (nSPS) is 8.00. The van der Waals surface area contributed by atoms with E-state index in [4.69, 9.17) is 0 Å². The number of nitrogens with two attached hydrogens (primary N) is 2. The van der Waals surface area contributed by atoms with Gasteiger partial charge in [-0.2, -0.15) is 0 Å². The zero-order valence-electron chi connectivity index (χ0n) is 4.47. The van der Waals surface area contributed by atoms with Gasteiger partial charge in [-0.1, -0.05) is 0 Å². The lowest BCUT2D eigenvalue weighted by Crippen LogP contribution is -2.29. The van der Waals surface area contributed by atoms with Crippen LogP contribution in [0.4, 0.5) is 9.59 Å². The quantitative estimate of drug-likeness (QED) is 0.372. The molecule has 0 bridgehead atoms. The molecule has 0 heterocycles.